The van der Waals surface area contributed by atoms with Gasteiger partial charge in [0.1, 0.15) is 5.82 Å². The second kappa shape index (κ2) is 5.34. The number of hydrogen-bond donors (Lipinski definition) is 1. The van der Waals surface area contributed by atoms with Crippen molar-refractivity contribution in [3.8, 4) is 0 Å². The number of rotatable bonds is 4. The second-order valence-electron chi connectivity index (χ2n) is 6.29. The van der Waals surface area contributed by atoms with Crippen molar-refractivity contribution in [3.63, 3.8) is 0 Å². The summed E-state index contributed by atoms with van der Waals surface area (Å²) in [7, 11) is 0. The summed E-state index contributed by atoms with van der Waals surface area (Å²) in [5.74, 6) is 0.613. The number of benzene rings is 1. The van der Waals surface area contributed by atoms with E-state index in [0.29, 0.717) is 0 Å². The maximum absolute atomic E-state index is 13.0. The van der Waals surface area contributed by atoms with E-state index in [1.54, 1.807) is 0 Å². The van der Waals surface area contributed by atoms with Crippen LogP contribution >= 0.6 is 0 Å². The highest BCUT2D eigenvalue weighted by Crippen LogP contribution is 2.42. The van der Waals surface area contributed by atoms with Crippen molar-refractivity contribution in [2.45, 2.75) is 25.3 Å². The average molecular weight is 277 g/mol. The van der Waals surface area contributed by atoms with Crippen molar-refractivity contribution in [2.75, 3.05) is 37.6 Å². The maximum Gasteiger partial charge on any atom is 0.123 e. The van der Waals surface area contributed by atoms with Crippen molar-refractivity contribution in [1.29, 1.82) is 0 Å². The van der Waals surface area contributed by atoms with Gasteiger partial charge in [-0.25, -0.2) is 4.39 Å². The molecule has 0 spiro atoms. The summed E-state index contributed by atoms with van der Waals surface area (Å²) < 4.78 is 13.0. The summed E-state index contributed by atoms with van der Waals surface area (Å²) in [6.07, 6.45) is 2.65. The average Bonchev–Trinajstić information content (AvgIpc) is 3.32. The van der Waals surface area contributed by atoms with Crippen molar-refractivity contribution < 1.29 is 4.39 Å². The molecule has 1 aliphatic heterocycles. The van der Waals surface area contributed by atoms with E-state index in [9.17, 15) is 4.39 Å². The quantitative estimate of drug-likeness (QED) is 0.914. The molecule has 1 unspecified atom stereocenters. The zero-order valence-electron chi connectivity index (χ0n) is 12.2. The summed E-state index contributed by atoms with van der Waals surface area (Å²) in [5, 5.41) is 0. The molecule has 1 heterocycles. The number of nitrogens with two attached hydrogens (primary N) is 1. The first-order valence-corrected chi connectivity index (χ1v) is 7.59. The van der Waals surface area contributed by atoms with Crippen LogP contribution in [0.25, 0.3) is 0 Å². The van der Waals surface area contributed by atoms with Crippen molar-refractivity contribution >= 4 is 5.69 Å². The number of halogens is 1. The normalized spacial score (nSPS) is 23.6. The van der Waals surface area contributed by atoms with Crippen LogP contribution < -0.4 is 10.6 Å². The van der Waals surface area contributed by atoms with E-state index in [2.05, 4.69) is 16.7 Å². The Labute approximate surface area is 120 Å². The molecule has 0 radical (unpaired) electrons. The van der Waals surface area contributed by atoms with Gasteiger partial charge >= 0.3 is 0 Å². The summed E-state index contributed by atoms with van der Waals surface area (Å²) >= 11 is 0. The lowest BCUT2D eigenvalue weighted by Crippen LogP contribution is -2.60. The molecule has 4 heteroatoms. The third-order valence-electron chi connectivity index (χ3n) is 5.06. The van der Waals surface area contributed by atoms with E-state index in [0.717, 1.165) is 44.3 Å². The van der Waals surface area contributed by atoms with Crippen molar-refractivity contribution in [1.82, 2.24) is 4.90 Å². The molecule has 1 aromatic rings. The van der Waals surface area contributed by atoms with Gasteiger partial charge in [0.15, 0.2) is 0 Å². The maximum atomic E-state index is 13.0. The Morgan fingerprint density at radius 1 is 1.15 bits per heavy atom. The molecule has 1 atom stereocenters. The number of piperazine rings is 1. The Morgan fingerprint density at radius 3 is 2.25 bits per heavy atom. The molecule has 110 valence electrons. The molecule has 2 N–H and O–H groups in total. The summed E-state index contributed by atoms with van der Waals surface area (Å²) in [6, 6.07) is 6.81. The molecule has 1 saturated heterocycles. The predicted octanol–water partition coefficient (Wildman–Crippen LogP) is 2.08. The molecule has 20 heavy (non-hydrogen) atoms. The van der Waals surface area contributed by atoms with Gasteiger partial charge in [0.2, 0.25) is 0 Å². The van der Waals surface area contributed by atoms with Gasteiger partial charge in [-0.3, -0.25) is 4.90 Å². The van der Waals surface area contributed by atoms with E-state index in [4.69, 9.17) is 5.73 Å². The van der Waals surface area contributed by atoms with Crippen LogP contribution in [0.15, 0.2) is 24.3 Å². The Kier molecular flexibility index (Phi) is 3.69. The molecule has 3 rings (SSSR count). The van der Waals surface area contributed by atoms with Gasteiger partial charge in [0.25, 0.3) is 0 Å². The summed E-state index contributed by atoms with van der Waals surface area (Å²) in [6.45, 7) is 7.14. The molecule has 2 fully saturated rings. The smallest absolute Gasteiger partial charge is 0.123 e. The van der Waals surface area contributed by atoms with E-state index < -0.39 is 0 Å². The summed E-state index contributed by atoms with van der Waals surface area (Å²) in [5.41, 5.74) is 7.34. The third kappa shape index (κ3) is 2.54. The Bertz CT molecular complexity index is 449. The van der Waals surface area contributed by atoms with E-state index in [1.165, 1.54) is 25.0 Å². The van der Waals surface area contributed by atoms with Gasteiger partial charge in [-0.05, 0) is 49.9 Å². The van der Waals surface area contributed by atoms with Gasteiger partial charge in [-0.15, -0.1) is 0 Å². The Hall–Kier alpha value is -1.13. The minimum Gasteiger partial charge on any atom is -0.369 e. The van der Waals surface area contributed by atoms with E-state index in [-0.39, 0.29) is 11.4 Å². The van der Waals surface area contributed by atoms with Crippen molar-refractivity contribution in [2.24, 2.45) is 11.7 Å². The molecular weight excluding hydrogens is 253 g/mol. The number of hydrogen-bond acceptors (Lipinski definition) is 3. The van der Waals surface area contributed by atoms with Gasteiger partial charge in [-0.1, -0.05) is 0 Å². The zero-order valence-corrected chi connectivity index (χ0v) is 12.2. The van der Waals surface area contributed by atoms with Gasteiger partial charge < -0.3 is 10.6 Å². The minimum absolute atomic E-state index is 0.170. The Morgan fingerprint density at radius 2 is 1.75 bits per heavy atom. The van der Waals surface area contributed by atoms with Crippen LogP contribution in [-0.2, 0) is 0 Å². The monoisotopic (exact) mass is 277 g/mol. The fraction of sp³-hybridized carbons (Fsp3) is 0.625. The van der Waals surface area contributed by atoms with Crippen LogP contribution in [0, 0.1) is 11.7 Å². The van der Waals surface area contributed by atoms with E-state index in [1.807, 2.05) is 12.1 Å². The fourth-order valence-corrected chi connectivity index (χ4v) is 3.39. The SMILES string of the molecule is CC(CN)(C1CC1)N1CCN(c2ccc(F)cc2)CC1. The lowest BCUT2D eigenvalue weighted by Gasteiger charge is -2.46. The van der Waals surface area contributed by atoms with Gasteiger partial charge in [0.05, 0.1) is 0 Å². The van der Waals surface area contributed by atoms with Gasteiger partial charge in [0, 0.05) is 44.0 Å². The molecule has 2 aliphatic rings. The largest absolute Gasteiger partial charge is 0.369 e. The van der Waals surface area contributed by atoms with Crippen molar-refractivity contribution in [3.05, 3.63) is 30.1 Å². The molecule has 0 bridgehead atoms. The first-order valence-electron chi connectivity index (χ1n) is 7.59. The molecule has 1 aliphatic carbocycles. The Balaban J connectivity index is 1.63. The molecule has 0 aromatic heterocycles. The lowest BCUT2D eigenvalue weighted by molar-refractivity contribution is 0.0826. The number of nitrogens with zero attached hydrogens (tertiary/aromatic N) is 2. The van der Waals surface area contributed by atoms with Gasteiger partial charge in [-0.2, -0.15) is 0 Å². The van der Waals surface area contributed by atoms with Crippen LogP contribution in [0.3, 0.4) is 0 Å². The topological polar surface area (TPSA) is 32.5 Å². The highest BCUT2D eigenvalue weighted by molar-refractivity contribution is 5.46. The molecule has 1 aromatic carbocycles. The molecule has 3 nitrogen and oxygen atoms in total. The first-order chi connectivity index (χ1) is 9.63. The highest BCUT2D eigenvalue weighted by atomic mass is 19.1. The van der Waals surface area contributed by atoms with Crippen LogP contribution in [0.5, 0.6) is 0 Å². The lowest BCUT2D eigenvalue weighted by atomic mass is 9.92. The fourth-order valence-electron chi connectivity index (χ4n) is 3.39. The highest BCUT2D eigenvalue weighted by Gasteiger charge is 2.45. The zero-order chi connectivity index (χ0) is 14.2. The van der Waals surface area contributed by atoms with Crippen LogP contribution in [0.2, 0.25) is 0 Å². The predicted molar refractivity (Wildman–Crippen MR) is 80.4 cm³/mol. The van der Waals surface area contributed by atoms with Crippen LogP contribution in [-0.4, -0.2) is 43.2 Å². The third-order valence-corrected chi connectivity index (χ3v) is 5.06. The standard InChI is InChI=1S/C16H24FN3/c1-16(12-18,13-2-3-13)20-10-8-19(9-11-20)15-6-4-14(17)5-7-15/h4-7,13H,2-3,8-12,18H2,1H3. The summed E-state index contributed by atoms with van der Waals surface area (Å²) in [4.78, 5) is 4.89. The molecule has 1 saturated carbocycles. The first kappa shape index (κ1) is 13.8. The van der Waals surface area contributed by atoms with Crippen LogP contribution in [0.1, 0.15) is 19.8 Å². The van der Waals surface area contributed by atoms with E-state index >= 15 is 0 Å². The molecular formula is C16H24FN3. The number of anilines is 1. The van der Waals surface area contributed by atoms with Crippen LogP contribution in [0.4, 0.5) is 10.1 Å². The molecule has 0 amide bonds. The minimum atomic E-state index is -0.170. The second-order valence-corrected chi connectivity index (χ2v) is 6.29.